The van der Waals surface area contributed by atoms with Gasteiger partial charge in [-0.05, 0) is 31.2 Å². The number of benzene rings is 1. The van der Waals surface area contributed by atoms with Gasteiger partial charge in [0.15, 0.2) is 0 Å². The first-order valence-corrected chi connectivity index (χ1v) is 10.2. The second kappa shape index (κ2) is 8.81. The lowest BCUT2D eigenvalue weighted by Crippen LogP contribution is -2.39. The fourth-order valence-corrected chi connectivity index (χ4v) is 3.61. The molecule has 0 atom stereocenters. The van der Waals surface area contributed by atoms with Crippen LogP contribution in [0.4, 0.5) is 17.3 Å². The van der Waals surface area contributed by atoms with Crippen molar-refractivity contribution in [1.82, 2.24) is 19.9 Å². The second-order valence-electron chi connectivity index (χ2n) is 6.72. The summed E-state index contributed by atoms with van der Waals surface area (Å²) in [6, 6.07) is 10.0. The molecule has 0 amide bonds. The molecule has 1 aromatic carbocycles. The van der Waals surface area contributed by atoms with Gasteiger partial charge in [-0.15, -0.1) is 0 Å². The van der Waals surface area contributed by atoms with E-state index in [1.165, 1.54) is 0 Å². The van der Waals surface area contributed by atoms with E-state index in [2.05, 4.69) is 46.4 Å². The highest BCUT2D eigenvalue weighted by Gasteiger charge is 2.11. The molecule has 3 aromatic rings. The number of morpholine rings is 1. The fourth-order valence-electron chi connectivity index (χ4n) is 3.21. The Balaban J connectivity index is 1.52. The van der Waals surface area contributed by atoms with Crippen molar-refractivity contribution in [1.29, 1.82) is 0 Å². The number of rotatable bonds is 6. The van der Waals surface area contributed by atoms with Crippen LogP contribution in [0.5, 0.6) is 0 Å². The van der Waals surface area contributed by atoms with E-state index in [1.807, 2.05) is 37.3 Å². The predicted molar refractivity (Wildman–Crippen MR) is 115 cm³/mol. The maximum absolute atomic E-state index is 5.39. The molecule has 1 aliphatic heterocycles. The number of fused-ring (bicyclic) bond motifs is 1. The first-order chi connectivity index (χ1) is 13.7. The van der Waals surface area contributed by atoms with Gasteiger partial charge in [0.25, 0.3) is 0 Å². The molecular formula is C20H23BrN6O. The van der Waals surface area contributed by atoms with Crippen molar-refractivity contribution in [2.45, 2.75) is 6.92 Å². The van der Waals surface area contributed by atoms with Crippen LogP contribution >= 0.6 is 15.9 Å². The minimum Gasteiger partial charge on any atom is -0.379 e. The van der Waals surface area contributed by atoms with Crippen molar-refractivity contribution in [3.05, 3.63) is 46.8 Å². The number of aryl methyl sites for hydroxylation is 1. The molecule has 8 heteroatoms. The number of anilines is 3. The van der Waals surface area contributed by atoms with Gasteiger partial charge in [0.05, 0.1) is 24.9 Å². The minimum atomic E-state index is 0.708. The number of hydrogen-bond acceptors (Lipinski definition) is 7. The Labute approximate surface area is 172 Å². The Morgan fingerprint density at radius 3 is 2.86 bits per heavy atom. The van der Waals surface area contributed by atoms with Crippen LogP contribution < -0.4 is 10.6 Å². The molecule has 146 valence electrons. The molecule has 0 aliphatic carbocycles. The van der Waals surface area contributed by atoms with Crippen LogP contribution in [0.3, 0.4) is 0 Å². The molecule has 4 rings (SSSR count). The van der Waals surface area contributed by atoms with E-state index >= 15 is 0 Å². The molecule has 1 saturated heterocycles. The van der Waals surface area contributed by atoms with Gasteiger partial charge in [0.1, 0.15) is 17.5 Å². The van der Waals surface area contributed by atoms with Gasteiger partial charge < -0.3 is 15.4 Å². The molecule has 3 heterocycles. The van der Waals surface area contributed by atoms with Crippen molar-refractivity contribution in [3.63, 3.8) is 0 Å². The van der Waals surface area contributed by atoms with Crippen LogP contribution in [0.15, 0.2) is 41.0 Å². The van der Waals surface area contributed by atoms with Gasteiger partial charge in [0, 0.05) is 41.7 Å². The molecule has 0 spiro atoms. The molecule has 0 unspecified atom stereocenters. The molecule has 2 aromatic heterocycles. The van der Waals surface area contributed by atoms with Gasteiger partial charge in [-0.25, -0.2) is 15.0 Å². The lowest BCUT2D eigenvalue weighted by Gasteiger charge is -2.26. The average Bonchev–Trinajstić information content (AvgIpc) is 2.69. The third-order valence-electron chi connectivity index (χ3n) is 4.62. The summed E-state index contributed by atoms with van der Waals surface area (Å²) in [5.74, 6) is 2.31. The van der Waals surface area contributed by atoms with Gasteiger partial charge in [-0.3, -0.25) is 4.90 Å². The summed E-state index contributed by atoms with van der Waals surface area (Å²) >= 11 is 3.51. The molecule has 0 saturated carbocycles. The Kier molecular flexibility index (Phi) is 5.99. The molecular weight excluding hydrogens is 420 g/mol. The summed E-state index contributed by atoms with van der Waals surface area (Å²) in [5.41, 5.74) is 1.79. The summed E-state index contributed by atoms with van der Waals surface area (Å²) in [6.07, 6.45) is 1.80. The number of nitrogens with zero attached hydrogens (tertiary/aromatic N) is 4. The SMILES string of the molecule is Cc1nc(Nc2cccc(Br)c2)c2cc(NCCN3CCOCC3)ncc2n1. The maximum Gasteiger partial charge on any atom is 0.142 e. The van der Waals surface area contributed by atoms with Crippen molar-refractivity contribution < 1.29 is 4.74 Å². The zero-order valence-electron chi connectivity index (χ0n) is 15.8. The smallest absolute Gasteiger partial charge is 0.142 e. The standard InChI is InChI=1S/C20H23BrN6O/c1-14-24-18-13-23-19(22-5-6-27-7-9-28-10-8-27)12-17(18)20(25-14)26-16-4-2-3-15(21)11-16/h2-4,11-13H,5-10H2,1H3,(H,22,23)(H,24,25,26). The number of nitrogens with one attached hydrogen (secondary N) is 2. The van der Waals surface area contributed by atoms with Gasteiger partial charge in [0.2, 0.25) is 0 Å². The summed E-state index contributed by atoms with van der Waals surface area (Å²) in [4.78, 5) is 16.0. The second-order valence-corrected chi connectivity index (χ2v) is 7.64. The summed E-state index contributed by atoms with van der Waals surface area (Å²) < 4.78 is 6.41. The normalized spacial score (nSPS) is 14.9. The number of halogens is 1. The highest BCUT2D eigenvalue weighted by atomic mass is 79.9. The number of ether oxygens (including phenoxy) is 1. The van der Waals surface area contributed by atoms with E-state index in [9.17, 15) is 0 Å². The predicted octanol–water partition coefficient (Wildman–Crippen LogP) is 3.58. The average molecular weight is 443 g/mol. The van der Waals surface area contributed by atoms with Crippen molar-refractivity contribution in [2.75, 3.05) is 50.0 Å². The summed E-state index contributed by atoms with van der Waals surface area (Å²) in [5, 5.41) is 7.76. The van der Waals surface area contributed by atoms with Crippen molar-refractivity contribution >= 4 is 44.2 Å². The molecule has 28 heavy (non-hydrogen) atoms. The minimum absolute atomic E-state index is 0.708. The Bertz CT molecular complexity index is 961. The van der Waals surface area contributed by atoms with Crippen molar-refractivity contribution in [3.8, 4) is 0 Å². The van der Waals surface area contributed by atoms with E-state index < -0.39 is 0 Å². The van der Waals surface area contributed by atoms with E-state index in [4.69, 9.17) is 4.74 Å². The van der Waals surface area contributed by atoms with Crippen molar-refractivity contribution in [2.24, 2.45) is 0 Å². The lowest BCUT2D eigenvalue weighted by molar-refractivity contribution is 0.0398. The molecule has 2 N–H and O–H groups in total. The third kappa shape index (κ3) is 4.76. The Hall–Kier alpha value is -2.29. The van der Waals surface area contributed by atoms with Gasteiger partial charge in [-0.2, -0.15) is 0 Å². The quantitative estimate of drug-likeness (QED) is 0.603. The van der Waals surface area contributed by atoms with Crippen LogP contribution in [0.1, 0.15) is 5.82 Å². The maximum atomic E-state index is 5.39. The number of pyridine rings is 1. The topological polar surface area (TPSA) is 75.2 Å². The van der Waals surface area contributed by atoms with E-state index in [-0.39, 0.29) is 0 Å². The fraction of sp³-hybridized carbons (Fsp3) is 0.350. The van der Waals surface area contributed by atoms with E-state index in [0.29, 0.717) is 5.82 Å². The molecule has 1 fully saturated rings. The van der Waals surface area contributed by atoms with Crippen LogP contribution in [0.2, 0.25) is 0 Å². The Morgan fingerprint density at radius 1 is 1.18 bits per heavy atom. The van der Waals surface area contributed by atoms with Crippen LogP contribution in [-0.4, -0.2) is 59.2 Å². The zero-order valence-corrected chi connectivity index (χ0v) is 17.4. The largest absolute Gasteiger partial charge is 0.379 e. The van der Waals surface area contributed by atoms with Gasteiger partial charge in [-0.1, -0.05) is 22.0 Å². The van der Waals surface area contributed by atoms with E-state index in [1.54, 1.807) is 6.20 Å². The van der Waals surface area contributed by atoms with Crippen LogP contribution in [-0.2, 0) is 4.74 Å². The third-order valence-corrected chi connectivity index (χ3v) is 5.11. The first kappa shape index (κ1) is 19.0. The van der Waals surface area contributed by atoms with Crippen LogP contribution in [0, 0.1) is 6.92 Å². The highest BCUT2D eigenvalue weighted by Crippen LogP contribution is 2.26. The summed E-state index contributed by atoms with van der Waals surface area (Å²) in [6.45, 7) is 7.29. The van der Waals surface area contributed by atoms with Gasteiger partial charge >= 0.3 is 0 Å². The summed E-state index contributed by atoms with van der Waals surface area (Å²) in [7, 11) is 0. The first-order valence-electron chi connectivity index (χ1n) is 9.38. The Morgan fingerprint density at radius 2 is 2.04 bits per heavy atom. The van der Waals surface area contributed by atoms with Crippen LogP contribution in [0.25, 0.3) is 10.9 Å². The number of aromatic nitrogens is 3. The highest BCUT2D eigenvalue weighted by molar-refractivity contribution is 9.10. The lowest BCUT2D eigenvalue weighted by atomic mass is 10.2. The molecule has 1 aliphatic rings. The molecule has 7 nitrogen and oxygen atoms in total. The molecule has 0 radical (unpaired) electrons. The number of hydrogen-bond donors (Lipinski definition) is 2. The molecule has 0 bridgehead atoms. The zero-order chi connectivity index (χ0) is 19.3. The monoisotopic (exact) mass is 442 g/mol. The van der Waals surface area contributed by atoms with E-state index in [0.717, 1.165) is 72.1 Å².